The highest BCUT2D eigenvalue weighted by atomic mass is 35.5. The van der Waals surface area contributed by atoms with Gasteiger partial charge < -0.3 is 15.3 Å². The second-order valence-corrected chi connectivity index (χ2v) is 5.18. The number of carboxylic acids is 1. The zero-order valence-electron chi connectivity index (χ0n) is 11.2. The molecule has 0 radical (unpaired) electrons. The molecule has 2 rings (SSSR count). The van der Waals surface area contributed by atoms with E-state index in [0.717, 1.165) is 0 Å². The minimum Gasteiger partial charge on any atom is -0.481 e. The number of halogens is 1. The third-order valence-corrected chi connectivity index (χ3v) is 3.52. The molecule has 0 saturated carbocycles. The molecule has 1 aromatic rings. The number of hydrogen-bond donors (Lipinski definition) is 2. The van der Waals surface area contributed by atoms with Crippen LogP contribution in [-0.4, -0.2) is 36.0 Å². The summed E-state index contributed by atoms with van der Waals surface area (Å²) in [4.78, 5) is 36.1. The van der Waals surface area contributed by atoms with Crippen LogP contribution in [0.5, 0.6) is 0 Å². The topological polar surface area (TPSA) is 86.7 Å². The van der Waals surface area contributed by atoms with Crippen molar-refractivity contribution in [3.05, 3.63) is 29.3 Å². The van der Waals surface area contributed by atoms with Gasteiger partial charge in [0.15, 0.2) is 0 Å². The van der Waals surface area contributed by atoms with Gasteiger partial charge in [-0.25, -0.2) is 0 Å². The van der Waals surface area contributed by atoms with Gasteiger partial charge >= 0.3 is 5.97 Å². The first-order chi connectivity index (χ1) is 9.99. The molecule has 1 atom stereocenters. The van der Waals surface area contributed by atoms with Crippen LogP contribution in [0.15, 0.2) is 24.3 Å². The molecule has 0 aliphatic carbocycles. The predicted octanol–water partition coefficient (Wildman–Crippen LogP) is 1.28. The van der Waals surface area contributed by atoms with Crippen molar-refractivity contribution in [3.63, 3.8) is 0 Å². The molecule has 2 amide bonds. The molecule has 1 aliphatic rings. The lowest BCUT2D eigenvalue weighted by Crippen LogP contribution is -2.37. The van der Waals surface area contributed by atoms with E-state index in [1.165, 1.54) is 4.90 Å². The van der Waals surface area contributed by atoms with E-state index in [1.807, 2.05) is 0 Å². The van der Waals surface area contributed by atoms with Gasteiger partial charge in [0, 0.05) is 23.8 Å². The van der Waals surface area contributed by atoms with Crippen molar-refractivity contribution < 1.29 is 19.5 Å². The maximum Gasteiger partial charge on any atom is 0.305 e. The molecular formula is C14H15ClN2O4. The molecule has 7 heteroatoms. The molecule has 1 aliphatic heterocycles. The summed E-state index contributed by atoms with van der Waals surface area (Å²) in [6.07, 6.45) is 0.245. The number of rotatable bonds is 5. The van der Waals surface area contributed by atoms with E-state index in [4.69, 9.17) is 16.7 Å². The fourth-order valence-corrected chi connectivity index (χ4v) is 2.42. The lowest BCUT2D eigenvalue weighted by molar-refractivity contribution is -0.137. The predicted molar refractivity (Wildman–Crippen MR) is 77.2 cm³/mol. The lowest BCUT2D eigenvalue weighted by atomic mass is 10.1. The fourth-order valence-electron chi connectivity index (χ4n) is 2.24. The van der Waals surface area contributed by atoms with Gasteiger partial charge in [-0.15, -0.1) is 0 Å². The Morgan fingerprint density at radius 3 is 2.86 bits per heavy atom. The molecule has 1 aromatic carbocycles. The number of aliphatic carboxylic acids is 1. The zero-order chi connectivity index (χ0) is 15.4. The Kier molecular flexibility index (Phi) is 4.80. The van der Waals surface area contributed by atoms with Crippen LogP contribution >= 0.6 is 11.6 Å². The number of carbonyl (C=O) groups is 3. The summed E-state index contributed by atoms with van der Waals surface area (Å²) in [7, 11) is 0. The number of benzene rings is 1. The van der Waals surface area contributed by atoms with E-state index < -0.39 is 17.8 Å². The molecule has 1 heterocycles. The Morgan fingerprint density at radius 1 is 1.43 bits per heavy atom. The summed E-state index contributed by atoms with van der Waals surface area (Å²) >= 11 is 5.90. The molecule has 1 saturated heterocycles. The highest BCUT2D eigenvalue weighted by Gasteiger charge is 2.37. The van der Waals surface area contributed by atoms with Crippen LogP contribution in [0.1, 0.15) is 12.8 Å². The molecule has 21 heavy (non-hydrogen) atoms. The number of anilines is 1. The fraction of sp³-hybridized carbons (Fsp3) is 0.357. The van der Waals surface area contributed by atoms with Crippen LogP contribution in [0.3, 0.4) is 0 Å². The minimum atomic E-state index is -0.992. The Morgan fingerprint density at radius 2 is 2.19 bits per heavy atom. The lowest BCUT2D eigenvalue weighted by Gasteiger charge is -2.17. The van der Waals surface area contributed by atoms with Gasteiger partial charge in [-0.3, -0.25) is 14.4 Å². The van der Waals surface area contributed by atoms with Crippen molar-refractivity contribution >= 4 is 35.1 Å². The summed E-state index contributed by atoms with van der Waals surface area (Å²) in [5.74, 6) is -2.47. The monoisotopic (exact) mass is 310 g/mol. The van der Waals surface area contributed by atoms with E-state index in [1.54, 1.807) is 24.3 Å². The van der Waals surface area contributed by atoms with Crippen molar-refractivity contribution in [2.75, 3.05) is 18.0 Å². The molecule has 0 spiro atoms. The van der Waals surface area contributed by atoms with Crippen molar-refractivity contribution in [1.82, 2.24) is 5.32 Å². The SMILES string of the molecule is O=C(O)CCNC(=O)[C@H]1CCN(c2cccc(Cl)c2)C1=O. The molecule has 6 nitrogen and oxygen atoms in total. The molecule has 0 aromatic heterocycles. The number of nitrogens with one attached hydrogen (secondary N) is 1. The highest BCUT2D eigenvalue weighted by molar-refractivity contribution is 6.31. The number of carbonyl (C=O) groups excluding carboxylic acids is 2. The van der Waals surface area contributed by atoms with Crippen molar-refractivity contribution in [2.24, 2.45) is 5.92 Å². The Hall–Kier alpha value is -2.08. The number of nitrogens with zero attached hydrogens (tertiary/aromatic N) is 1. The van der Waals surface area contributed by atoms with Crippen LogP contribution in [-0.2, 0) is 14.4 Å². The largest absolute Gasteiger partial charge is 0.481 e. The third-order valence-electron chi connectivity index (χ3n) is 3.28. The van der Waals surface area contributed by atoms with Gasteiger partial charge in [-0.2, -0.15) is 0 Å². The molecule has 2 N–H and O–H groups in total. The van der Waals surface area contributed by atoms with Crippen LogP contribution < -0.4 is 10.2 Å². The third kappa shape index (κ3) is 3.72. The average Bonchev–Trinajstić information content (AvgIpc) is 2.80. The summed E-state index contributed by atoms with van der Waals surface area (Å²) in [6.45, 7) is 0.464. The first kappa shape index (κ1) is 15.3. The van der Waals surface area contributed by atoms with Gasteiger partial charge in [0.25, 0.3) is 0 Å². The van der Waals surface area contributed by atoms with Crippen molar-refractivity contribution in [1.29, 1.82) is 0 Å². The number of carboxylic acid groups (broad SMARTS) is 1. The second-order valence-electron chi connectivity index (χ2n) is 4.75. The standard InChI is InChI=1S/C14H15ClN2O4/c15-9-2-1-3-10(8-9)17-7-5-11(14(17)21)13(20)16-6-4-12(18)19/h1-3,8,11H,4-7H2,(H,16,20)(H,18,19)/t11-/m1/s1. The van der Waals surface area contributed by atoms with Gasteiger partial charge in [-0.05, 0) is 24.6 Å². The quantitative estimate of drug-likeness (QED) is 0.802. The summed E-state index contributed by atoms with van der Waals surface area (Å²) in [5.41, 5.74) is 0.660. The van der Waals surface area contributed by atoms with Gasteiger partial charge in [0.1, 0.15) is 5.92 Å². The molecule has 112 valence electrons. The number of amides is 2. The van der Waals surface area contributed by atoms with Gasteiger partial charge in [0.05, 0.1) is 6.42 Å². The normalized spacial score (nSPS) is 17.9. The maximum absolute atomic E-state index is 12.3. The minimum absolute atomic E-state index is 0.0229. The molecule has 0 unspecified atom stereocenters. The Balaban J connectivity index is 1.98. The highest BCUT2D eigenvalue weighted by Crippen LogP contribution is 2.27. The zero-order valence-corrected chi connectivity index (χ0v) is 12.0. The van der Waals surface area contributed by atoms with E-state index in [0.29, 0.717) is 23.7 Å². The molecular weight excluding hydrogens is 296 g/mol. The van der Waals surface area contributed by atoms with Crippen LogP contribution in [0, 0.1) is 5.92 Å². The second kappa shape index (κ2) is 6.58. The van der Waals surface area contributed by atoms with Crippen LogP contribution in [0.4, 0.5) is 5.69 Å². The summed E-state index contributed by atoms with van der Waals surface area (Å²) < 4.78 is 0. The average molecular weight is 311 g/mol. The molecule has 0 bridgehead atoms. The van der Waals surface area contributed by atoms with Gasteiger partial charge in [0.2, 0.25) is 11.8 Å². The van der Waals surface area contributed by atoms with E-state index >= 15 is 0 Å². The smallest absolute Gasteiger partial charge is 0.305 e. The summed E-state index contributed by atoms with van der Waals surface area (Å²) in [6, 6.07) is 6.88. The Labute approximate surface area is 126 Å². The maximum atomic E-state index is 12.3. The first-order valence-electron chi connectivity index (χ1n) is 6.55. The molecule has 1 fully saturated rings. The number of hydrogen-bond acceptors (Lipinski definition) is 3. The van der Waals surface area contributed by atoms with E-state index in [2.05, 4.69) is 5.32 Å². The Bertz CT molecular complexity index is 576. The van der Waals surface area contributed by atoms with Gasteiger partial charge in [-0.1, -0.05) is 17.7 Å². The first-order valence-corrected chi connectivity index (χ1v) is 6.93. The van der Waals surface area contributed by atoms with Crippen LogP contribution in [0.25, 0.3) is 0 Å². The van der Waals surface area contributed by atoms with E-state index in [9.17, 15) is 14.4 Å². The van der Waals surface area contributed by atoms with E-state index in [-0.39, 0.29) is 18.9 Å². The van der Waals surface area contributed by atoms with Crippen molar-refractivity contribution in [2.45, 2.75) is 12.8 Å². The van der Waals surface area contributed by atoms with Crippen molar-refractivity contribution in [3.8, 4) is 0 Å². The van der Waals surface area contributed by atoms with Crippen LogP contribution in [0.2, 0.25) is 5.02 Å². The summed E-state index contributed by atoms with van der Waals surface area (Å²) in [5, 5.41) is 11.5.